The minimum atomic E-state index is -0.749. The number of hydrogen-bond donors (Lipinski definition) is 1. The molecule has 0 spiro atoms. The Morgan fingerprint density at radius 3 is 2.61 bits per heavy atom. The zero-order valence-corrected chi connectivity index (χ0v) is 14.7. The van der Waals surface area contributed by atoms with Gasteiger partial charge in [0.1, 0.15) is 11.8 Å². The highest BCUT2D eigenvalue weighted by molar-refractivity contribution is 7.12. The van der Waals surface area contributed by atoms with Crippen LogP contribution in [0.1, 0.15) is 29.1 Å². The van der Waals surface area contributed by atoms with Crippen LogP contribution >= 0.6 is 22.9 Å². The van der Waals surface area contributed by atoms with Crippen molar-refractivity contribution < 1.29 is 14.3 Å². The highest BCUT2D eigenvalue weighted by Crippen LogP contribution is 2.26. The van der Waals surface area contributed by atoms with Crippen molar-refractivity contribution in [2.24, 2.45) is 5.92 Å². The second kappa shape index (κ2) is 7.62. The average Bonchev–Trinajstić information content (AvgIpc) is 3.02. The van der Waals surface area contributed by atoms with E-state index >= 15 is 0 Å². The molecule has 0 aliphatic rings. The van der Waals surface area contributed by atoms with Crippen molar-refractivity contribution in [3.05, 3.63) is 51.2 Å². The van der Waals surface area contributed by atoms with E-state index in [1.807, 2.05) is 32.2 Å². The molecule has 0 saturated carbocycles. The van der Waals surface area contributed by atoms with E-state index in [-0.39, 0.29) is 11.8 Å². The quantitative estimate of drug-likeness (QED) is 0.652. The molecule has 2 aromatic rings. The van der Waals surface area contributed by atoms with Crippen molar-refractivity contribution in [1.29, 1.82) is 0 Å². The van der Waals surface area contributed by atoms with Crippen LogP contribution in [0.15, 0.2) is 35.7 Å². The first kappa shape index (κ1) is 17.5. The summed E-state index contributed by atoms with van der Waals surface area (Å²) in [6, 6.07) is 7.95. The molecule has 0 bridgehead atoms. The van der Waals surface area contributed by atoms with Crippen molar-refractivity contribution in [2.75, 3.05) is 0 Å². The molecule has 0 radical (unpaired) electrons. The van der Waals surface area contributed by atoms with Crippen LogP contribution < -0.4 is 10.1 Å². The minimum absolute atomic E-state index is 0.116. The molecule has 1 unspecified atom stereocenters. The molecule has 23 heavy (non-hydrogen) atoms. The molecule has 1 amide bonds. The standard InChI is InChI=1S/C17H18ClNO3S/c1-10(2)15(19-16(20)14-5-4-8-23-14)17(21)22-13-9-11(3)6-7-12(13)18/h4-10,15H,1-3H3,(H,19,20). The van der Waals surface area contributed by atoms with Gasteiger partial charge in [-0.1, -0.05) is 37.6 Å². The summed E-state index contributed by atoms with van der Waals surface area (Å²) in [5.41, 5.74) is 0.931. The SMILES string of the molecule is Cc1ccc(Cl)c(OC(=O)C(NC(=O)c2cccs2)C(C)C)c1. The van der Waals surface area contributed by atoms with E-state index in [2.05, 4.69) is 5.32 Å². The van der Waals surface area contributed by atoms with Gasteiger partial charge in [0, 0.05) is 0 Å². The van der Waals surface area contributed by atoms with Gasteiger partial charge in [-0.15, -0.1) is 11.3 Å². The molecule has 0 aliphatic carbocycles. The highest BCUT2D eigenvalue weighted by Gasteiger charge is 2.27. The number of carbonyl (C=O) groups is 2. The Bertz CT molecular complexity index is 698. The number of nitrogens with one attached hydrogen (secondary N) is 1. The van der Waals surface area contributed by atoms with E-state index in [4.69, 9.17) is 16.3 Å². The molecule has 1 aromatic heterocycles. The van der Waals surface area contributed by atoms with Crippen LogP contribution in [0.25, 0.3) is 0 Å². The molecule has 1 atom stereocenters. The zero-order chi connectivity index (χ0) is 17.0. The predicted molar refractivity (Wildman–Crippen MR) is 92.2 cm³/mol. The molecule has 1 N–H and O–H groups in total. The predicted octanol–water partition coefficient (Wildman–Crippen LogP) is 4.07. The average molecular weight is 352 g/mol. The number of benzene rings is 1. The fraction of sp³-hybridized carbons (Fsp3) is 0.294. The number of hydrogen-bond acceptors (Lipinski definition) is 4. The zero-order valence-electron chi connectivity index (χ0n) is 13.1. The summed E-state index contributed by atoms with van der Waals surface area (Å²) in [6.45, 7) is 5.57. The molecule has 0 fully saturated rings. The van der Waals surface area contributed by atoms with E-state index < -0.39 is 12.0 Å². The van der Waals surface area contributed by atoms with Gasteiger partial charge < -0.3 is 10.1 Å². The Labute approximate surface area is 144 Å². The van der Waals surface area contributed by atoms with E-state index in [1.165, 1.54) is 11.3 Å². The lowest BCUT2D eigenvalue weighted by Crippen LogP contribution is -2.46. The number of ether oxygens (including phenoxy) is 1. The second-order valence-electron chi connectivity index (χ2n) is 5.53. The van der Waals surface area contributed by atoms with Crippen molar-refractivity contribution in [3.8, 4) is 5.75 Å². The van der Waals surface area contributed by atoms with E-state index in [0.29, 0.717) is 15.6 Å². The molecular formula is C17H18ClNO3S. The van der Waals surface area contributed by atoms with Crippen LogP contribution in [0, 0.1) is 12.8 Å². The van der Waals surface area contributed by atoms with Crippen molar-refractivity contribution >= 4 is 34.8 Å². The Morgan fingerprint density at radius 2 is 2.00 bits per heavy atom. The van der Waals surface area contributed by atoms with Crippen LogP contribution in [0.5, 0.6) is 5.75 Å². The van der Waals surface area contributed by atoms with Crippen LogP contribution in [0.4, 0.5) is 0 Å². The largest absolute Gasteiger partial charge is 0.423 e. The van der Waals surface area contributed by atoms with Gasteiger partial charge in [0.05, 0.1) is 9.90 Å². The van der Waals surface area contributed by atoms with E-state index in [9.17, 15) is 9.59 Å². The third-order valence-electron chi connectivity index (χ3n) is 3.25. The molecule has 2 rings (SSSR count). The lowest BCUT2D eigenvalue weighted by Gasteiger charge is -2.20. The van der Waals surface area contributed by atoms with Crippen molar-refractivity contribution in [3.63, 3.8) is 0 Å². The van der Waals surface area contributed by atoms with Gasteiger partial charge in [-0.2, -0.15) is 0 Å². The summed E-state index contributed by atoms with van der Waals surface area (Å²) in [6.07, 6.45) is 0. The first-order valence-electron chi connectivity index (χ1n) is 7.20. The molecule has 0 saturated heterocycles. The minimum Gasteiger partial charge on any atom is -0.423 e. The van der Waals surface area contributed by atoms with Gasteiger partial charge in [-0.05, 0) is 42.0 Å². The lowest BCUT2D eigenvalue weighted by molar-refractivity contribution is -0.137. The van der Waals surface area contributed by atoms with Gasteiger partial charge in [0.25, 0.3) is 5.91 Å². The Hall–Kier alpha value is -1.85. The van der Waals surface area contributed by atoms with Gasteiger partial charge in [0.2, 0.25) is 0 Å². The third kappa shape index (κ3) is 4.56. The summed E-state index contributed by atoms with van der Waals surface area (Å²) in [4.78, 5) is 25.1. The molecule has 4 nitrogen and oxygen atoms in total. The number of thiophene rings is 1. The summed E-state index contributed by atoms with van der Waals surface area (Å²) in [5, 5.41) is 4.89. The first-order chi connectivity index (χ1) is 10.9. The summed E-state index contributed by atoms with van der Waals surface area (Å²) in [7, 11) is 0. The number of halogens is 1. The number of amides is 1. The van der Waals surface area contributed by atoms with Gasteiger partial charge >= 0.3 is 5.97 Å². The van der Waals surface area contributed by atoms with Crippen molar-refractivity contribution in [2.45, 2.75) is 26.8 Å². The fourth-order valence-corrected chi connectivity index (χ4v) is 2.76. The Balaban J connectivity index is 2.12. The topological polar surface area (TPSA) is 55.4 Å². The van der Waals surface area contributed by atoms with Crippen molar-refractivity contribution in [1.82, 2.24) is 5.32 Å². The van der Waals surface area contributed by atoms with Crippen LogP contribution in [0.2, 0.25) is 5.02 Å². The third-order valence-corrected chi connectivity index (χ3v) is 4.43. The fourth-order valence-electron chi connectivity index (χ4n) is 1.98. The van der Waals surface area contributed by atoms with Gasteiger partial charge in [-0.25, -0.2) is 4.79 Å². The first-order valence-corrected chi connectivity index (χ1v) is 8.46. The van der Waals surface area contributed by atoms with E-state index in [1.54, 1.807) is 24.3 Å². The Morgan fingerprint density at radius 1 is 1.26 bits per heavy atom. The summed E-state index contributed by atoms with van der Waals surface area (Å²) >= 11 is 7.37. The lowest BCUT2D eigenvalue weighted by atomic mass is 10.0. The maximum Gasteiger partial charge on any atom is 0.334 e. The van der Waals surface area contributed by atoms with Crippen LogP contribution in [-0.4, -0.2) is 17.9 Å². The second-order valence-corrected chi connectivity index (χ2v) is 6.88. The molecule has 1 heterocycles. The smallest absolute Gasteiger partial charge is 0.334 e. The van der Waals surface area contributed by atoms with Gasteiger partial charge in [0.15, 0.2) is 0 Å². The number of aryl methyl sites for hydroxylation is 1. The van der Waals surface area contributed by atoms with Gasteiger partial charge in [-0.3, -0.25) is 4.79 Å². The maximum absolute atomic E-state index is 12.4. The number of rotatable bonds is 5. The normalized spacial score (nSPS) is 12.0. The monoisotopic (exact) mass is 351 g/mol. The number of carbonyl (C=O) groups excluding carboxylic acids is 2. The number of esters is 1. The molecule has 122 valence electrons. The molecule has 1 aromatic carbocycles. The summed E-state index contributed by atoms with van der Waals surface area (Å²) in [5.74, 6) is -0.633. The van der Waals surface area contributed by atoms with Crippen LogP contribution in [0.3, 0.4) is 0 Å². The van der Waals surface area contributed by atoms with E-state index in [0.717, 1.165) is 5.56 Å². The summed E-state index contributed by atoms with van der Waals surface area (Å²) < 4.78 is 5.39. The highest BCUT2D eigenvalue weighted by atomic mass is 35.5. The Kier molecular flexibility index (Phi) is 5.80. The molecule has 6 heteroatoms. The maximum atomic E-state index is 12.4. The molecular weight excluding hydrogens is 334 g/mol. The van der Waals surface area contributed by atoms with Crippen LogP contribution in [-0.2, 0) is 4.79 Å². The molecule has 0 aliphatic heterocycles.